The van der Waals surface area contributed by atoms with E-state index < -0.39 is 0 Å². The minimum absolute atomic E-state index is 0.441. The molecule has 0 saturated carbocycles. The van der Waals surface area contributed by atoms with Crippen molar-refractivity contribution in [2.24, 2.45) is 0 Å². The molecule has 3 heteroatoms. The van der Waals surface area contributed by atoms with Crippen LogP contribution in [-0.2, 0) is 6.54 Å². The van der Waals surface area contributed by atoms with E-state index in [1.165, 1.54) is 17.0 Å². The third-order valence-corrected chi connectivity index (χ3v) is 3.25. The van der Waals surface area contributed by atoms with Crippen molar-refractivity contribution in [3.63, 3.8) is 0 Å². The zero-order valence-corrected chi connectivity index (χ0v) is 11.7. The van der Waals surface area contributed by atoms with Gasteiger partial charge in [0.15, 0.2) is 0 Å². The molecule has 0 radical (unpaired) electrons. The summed E-state index contributed by atoms with van der Waals surface area (Å²) >= 11 is 0. The van der Waals surface area contributed by atoms with Gasteiger partial charge in [0.2, 0.25) is 0 Å². The molecule has 1 aromatic rings. The summed E-state index contributed by atoms with van der Waals surface area (Å²) < 4.78 is 2.12. The lowest BCUT2D eigenvalue weighted by molar-refractivity contribution is 0.264. The standard InChI is InChI=1S/C13H25N3/c1-9(2)15(7)8-13-11(5)14-16(10(3)4)12(13)6/h9-10H,8H2,1-7H3. The highest BCUT2D eigenvalue weighted by molar-refractivity contribution is 5.24. The summed E-state index contributed by atoms with van der Waals surface area (Å²) in [6, 6.07) is 1.01. The fraction of sp³-hybridized carbons (Fsp3) is 0.769. The first-order chi connectivity index (χ1) is 7.34. The normalized spacial score (nSPS) is 12.1. The molecule has 1 aromatic heterocycles. The lowest BCUT2D eigenvalue weighted by atomic mass is 10.1. The van der Waals surface area contributed by atoms with Crippen LogP contribution in [0.1, 0.15) is 50.7 Å². The monoisotopic (exact) mass is 223 g/mol. The molecule has 0 aliphatic carbocycles. The molecule has 0 aliphatic heterocycles. The average molecular weight is 223 g/mol. The Kier molecular flexibility index (Phi) is 4.14. The molecule has 0 unspecified atom stereocenters. The van der Waals surface area contributed by atoms with E-state index in [1.807, 2.05) is 0 Å². The molecule has 0 saturated heterocycles. The van der Waals surface area contributed by atoms with Crippen LogP contribution >= 0.6 is 0 Å². The molecule has 0 fully saturated rings. The quantitative estimate of drug-likeness (QED) is 0.782. The third kappa shape index (κ3) is 2.64. The van der Waals surface area contributed by atoms with Crippen LogP contribution in [0.4, 0.5) is 0 Å². The maximum Gasteiger partial charge on any atom is 0.0641 e. The molecule has 0 amide bonds. The van der Waals surface area contributed by atoms with Crippen LogP contribution in [0.15, 0.2) is 0 Å². The lowest BCUT2D eigenvalue weighted by Gasteiger charge is -2.21. The van der Waals surface area contributed by atoms with E-state index in [0.29, 0.717) is 12.1 Å². The first-order valence-corrected chi connectivity index (χ1v) is 6.09. The minimum Gasteiger partial charge on any atom is -0.300 e. The molecule has 92 valence electrons. The highest BCUT2D eigenvalue weighted by Gasteiger charge is 2.15. The minimum atomic E-state index is 0.441. The Morgan fingerprint density at radius 1 is 1.19 bits per heavy atom. The summed E-state index contributed by atoms with van der Waals surface area (Å²) in [5.41, 5.74) is 3.85. The Bertz CT molecular complexity index is 350. The number of aromatic nitrogens is 2. The molecule has 0 bridgehead atoms. The molecular weight excluding hydrogens is 198 g/mol. The molecule has 1 heterocycles. The summed E-state index contributed by atoms with van der Waals surface area (Å²) in [5.74, 6) is 0. The van der Waals surface area contributed by atoms with E-state index in [-0.39, 0.29) is 0 Å². The smallest absolute Gasteiger partial charge is 0.0641 e. The van der Waals surface area contributed by atoms with Gasteiger partial charge in [-0.25, -0.2) is 0 Å². The Morgan fingerprint density at radius 3 is 2.12 bits per heavy atom. The average Bonchev–Trinajstić information content (AvgIpc) is 2.45. The summed E-state index contributed by atoms with van der Waals surface area (Å²) in [5, 5.41) is 4.61. The predicted molar refractivity (Wildman–Crippen MR) is 68.7 cm³/mol. The lowest BCUT2D eigenvalue weighted by Crippen LogP contribution is -2.26. The van der Waals surface area contributed by atoms with Crippen molar-refractivity contribution >= 4 is 0 Å². The van der Waals surface area contributed by atoms with Gasteiger partial charge in [0.05, 0.1) is 5.69 Å². The van der Waals surface area contributed by atoms with Gasteiger partial charge in [0.1, 0.15) is 0 Å². The second-order valence-corrected chi connectivity index (χ2v) is 5.20. The highest BCUT2D eigenvalue weighted by Crippen LogP contribution is 2.19. The van der Waals surface area contributed by atoms with Gasteiger partial charge < -0.3 is 0 Å². The molecule has 0 spiro atoms. The largest absolute Gasteiger partial charge is 0.300 e. The van der Waals surface area contributed by atoms with Crippen LogP contribution in [0.2, 0.25) is 0 Å². The number of aryl methyl sites for hydroxylation is 1. The van der Waals surface area contributed by atoms with Gasteiger partial charge in [-0.1, -0.05) is 0 Å². The van der Waals surface area contributed by atoms with Crippen molar-refractivity contribution < 1.29 is 0 Å². The fourth-order valence-corrected chi connectivity index (χ4v) is 1.86. The van der Waals surface area contributed by atoms with Crippen LogP contribution in [0.5, 0.6) is 0 Å². The van der Waals surface area contributed by atoms with Crippen LogP contribution in [0.3, 0.4) is 0 Å². The van der Waals surface area contributed by atoms with Gasteiger partial charge in [-0.05, 0) is 48.6 Å². The van der Waals surface area contributed by atoms with Crippen molar-refractivity contribution in [3.8, 4) is 0 Å². The summed E-state index contributed by atoms with van der Waals surface area (Å²) in [6.45, 7) is 14.1. The van der Waals surface area contributed by atoms with Gasteiger partial charge in [-0.15, -0.1) is 0 Å². The molecule has 0 aromatic carbocycles. The van der Waals surface area contributed by atoms with Crippen molar-refractivity contribution in [2.45, 2.75) is 60.2 Å². The number of nitrogens with zero attached hydrogens (tertiary/aromatic N) is 3. The maximum absolute atomic E-state index is 4.61. The topological polar surface area (TPSA) is 21.1 Å². The van der Waals surface area contributed by atoms with Crippen molar-refractivity contribution in [1.82, 2.24) is 14.7 Å². The summed E-state index contributed by atoms with van der Waals surface area (Å²) in [6.07, 6.45) is 0. The van der Waals surface area contributed by atoms with Gasteiger partial charge in [0.25, 0.3) is 0 Å². The van der Waals surface area contributed by atoms with E-state index in [4.69, 9.17) is 0 Å². The van der Waals surface area contributed by atoms with Crippen LogP contribution in [0, 0.1) is 13.8 Å². The number of rotatable bonds is 4. The van der Waals surface area contributed by atoms with Gasteiger partial charge in [-0.3, -0.25) is 9.58 Å². The first-order valence-electron chi connectivity index (χ1n) is 6.09. The Morgan fingerprint density at radius 2 is 1.75 bits per heavy atom. The molecule has 0 atom stereocenters. The van der Waals surface area contributed by atoms with Crippen molar-refractivity contribution in [1.29, 1.82) is 0 Å². The summed E-state index contributed by atoms with van der Waals surface area (Å²) in [7, 11) is 2.16. The molecule has 16 heavy (non-hydrogen) atoms. The van der Waals surface area contributed by atoms with Crippen molar-refractivity contribution in [2.75, 3.05) is 7.05 Å². The van der Waals surface area contributed by atoms with Crippen LogP contribution in [-0.4, -0.2) is 27.8 Å². The van der Waals surface area contributed by atoms with Gasteiger partial charge >= 0.3 is 0 Å². The van der Waals surface area contributed by atoms with Crippen molar-refractivity contribution in [3.05, 3.63) is 17.0 Å². The number of hydrogen-bond acceptors (Lipinski definition) is 2. The number of hydrogen-bond donors (Lipinski definition) is 0. The molecule has 1 rings (SSSR count). The van der Waals surface area contributed by atoms with E-state index in [0.717, 1.165) is 6.54 Å². The van der Waals surface area contributed by atoms with E-state index in [1.54, 1.807) is 0 Å². The van der Waals surface area contributed by atoms with Gasteiger partial charge in [-0.2, -0.15) is 5.10 Å². The second-order valence-electron chi connectivity index (χ2n) is 5.20. The highest BCUT2D eigenvalue weighted by atomic mass is 15.3. The third-order valence-electron chi connectivity index (χ3n) is 3.25. The van der Waals surface area contributed by atoms with E-state index in [9.17, 15) is 0 Å². The van der Waals surface area contributed by atoms with E-state index >= 15 is 0 Å². The molecule has 0 aliphatic rings. The van der Waals surface area contributed by atoms with Crippen LogP contribution < -0.4 is 0 Å². The molecule has 3 nitrogen and oxygen atoms in total. The van der Waals surface area contributed by atoms with Gasteiger partial charge in [0, 0.05) is 29.9 Å². The molecular formula is C13H25N3. The summed E-state index contributed by atoms with van der Waals surface area (Å²) in [4.78, 5) is 2.35. The van der Waals surface area contributed by atoms with Crippen LogP contribution in [0.25, 0.3) is 0 Å². The zero-order valence-electron chi connectivity index (χ0n) is 11.7. The second kappa shape index (κ2) is 5.00. The van der Waals surface area contributed by atoms with E-state index in [2.05, 4.69) is 63.3 Å². The first kappa shape index (κ1) is 13.2. The Hall–Kier alpha value is -0.830. The maximum atomic E-state index is 4.61. The Balaban J connectivity index is 2.96. The Labute approximate surface area is 99.4 Å². The predicted octanol–water partition coefficient (Wildman–Crippen LogP) is 2.92. The SMILES string of the molecule is Cc1nn(C(C)C)c(C)c1CN(C)C(C)C. The zero-order chi connectivity index (χ0) is 12.5. The fourth-order valence-electron chi connectivity index (χ4n) is 1.86. The molecule has 0 N–H and O–H groups in total.